The highest BCUT2D eigenvalue weighted by atomic mass is 14.9. The molecule has 1 aromatic carbocycles. The highest BCUT2D eigenvalue weighted by Gasteiger charge is 2.10. The molecule has 112 valence electrons. The van der Waals surface area contributed by atoms with Crippen LogP contribution in [0.1, 0.15) is 36.4 Å². The Hall–Kier alpha value is -1.74. The molecule has 2 aromatic rings. The average Bonchev–Trinajstić information content (AvgIpc) is 2.42. The van der Waals surface area contributed by atoms with Gasteiger partial charge in [0.15, 0.2) is 5.82 Å². The second kappa shape index (κ2) is 6.81. The average molecular weight is 283 g/mol. The normalized spacial score (nSPS) is 11.1. The molecule has 3 heteroatoms. The van der Waals surface area contributed by atoms with Crippen molar-refractivity contribution < 1.29 is 0 Å². The van der Waals surface area contributed by atoms with E-state index in [2.05, 4.69) is 64.2 Å². The van der Waals surface area contributed by atoms with E-state index in [9.17, 15) is 0 Å². The number of aryl methyl sites for hydroxylation is 3. The quantitative estimate of drug-likeness (QED) is 0.911. The number of nitrogens with one attached hydrogen (secondary N) is 1. The van der Waals surface area contributed by atoms with Crippen LogP contribution < -0.4 is 5.32 Å². The third kappa shape index (κ3) is 4.11. The van der Waals surface area contributed by atoms with Crippen molar-refractivity contribution in [1.82, 2.24) is 15.3 Å². The van der Waals surface area contributed by atoms with Gasteiger partial charge in [-0.3, -0.25) is 0 Å². The van der Waals surface area contributed by atoms with E-state index >= 15 is 0 Å². The van der Waals surface area contributed by atoms with Gasteiger partial charge in [-0.2, -0.15) is 0 Å². The summed E-state index contributed by atoms with van der Waals surface area (Å²) in [6, 6.07) is 8.89. The maximum atomic E-state index is 4.69. The summed E-state index contributed by atoms with van der Waals surface area (Å²) < 4.78 is 0. The molecule has 0 saturated carbocycles. The Bertz CT molecular complexity index is 577. The van der Waals surface area contributed by atoms with Crippen LogP contribution in [0.5, 0.6) is 0 Å². The number of hydrogen-bond donors (Lipinski definition) is 1. The van der Waals surface area contributed by atoms with E-state index in [1.165, 1.54) is 11.1 Å². The van der Waals surface area contributed by atoms with E-state index < -0.39 is 0 Å². The third-order valence-electron chi connectivity index (χ3n) is 3.66. The summed E-state index contributed by atoms with van der Waals surface area (Å²) >= 11 is 0. The summed E-state index contributed by atoms with van der Waals surface area (Å²) in [5, 5.41) is 3.45. The first-order chi connectivity index (χ1) is 9.97. The molecule has 1 heterocycles. The molecule has 0 aliphatic heterocycles. The Balaban J connectivity index is 2.22. The summed E-state index contributed by atoms with van der Waals surface area (Å²) in [4.78, 5) is 9.39. The van der Waals surface area contributed by atoms with Crippen molar-refractivity contribution >= 4 is 0 Å². The summed E-state index contributed by atoms with van der Waals surface area (Å²) in [6.07, 6.45) is 0.976. The molecule has 0 spiro atoms. The minimum absolute atomic E-state index is 0.512. The van der Waals surface area contributed by atoms with Crippen molar-refractivity contribution in [2.45, 2.75) is 47.1 Å². The molecule has 3 nitrogen and oxygen atoms in total. The lowest BCUT2D eigenvalue weighted by Crippen LogP contribution is -2.25. The van der Waals surface area contributed by atoms with Crippen molar-refractivity contribution in [3.05, 3.63) is 46.8 Å². The van der Waals surface area contributed by atoms with Crippen molar-refractivity contribution in [3.8, 4) is 11.4 Å². The van der Waals surface area contributed by atoms with Crippen molar-refractivity contribution in [1.29, 1.82) is 0 Å². The van der Waals surface area contributed by atoms with Crippen LogP contribution in [0.4, 0.5) is 0 Å². The number of hydrogen-bond acceptors (Lipinski definition) is 3. The minimum Gasteiger partial charge on any atom is -0.314 e. The summed E-state index contributed by atoms with van der Waals surface area (Å²) in [7, 11) is 0. The van der Waals surface area contributed by atoms with E-state index in [4.69, 9.17) is 9.97 Å². The lowest BCUT2D eigenvalue weighted by atomic mass is 10.1. The number of rotatable bonds is 5. The summed E-state index contributed by atoms with van der Waals surface area (Å²) in [5.41, 5.74) is 5.77. The van der Waals surface area contributed by atoms with Gasteiger partial charge in [0, 0.05) is 23.0 Å². The topological polar surface area (TPSA) is 37.8 Å². The molecule has 0 unspecified atom stereocenters. The highest BCUT2D eigenvalue weighted by molar-refractivity contribution is 5.56. The molecule has 0 saturated heterocycles. The largest absolute Gasteiger partial charge is 0.314 e. The van der Waals surface area contributed by atoms with Gasteiger partial charge in [0.1, 0.15) is 0 Å². The number of nitrogens with zero attached hydrogens (tertiary/aromatic N) is 2. The predicted molar refractivity (Wildman–Crippen MR) is 88.5 cm³/mol. The fourth-order valence-electron chi connectivity index (χ4n) is 2.42. The van der Waals surface area contributed by atoms with Crippen molar-refractivity contribution in [2.24, 2.45) is 0 Å². The Morgan fingerprint density at radius 3 is 2.05 bits per heavy atom. The standard InChI is InChI=1S/C18H25N3/c1-12(2)19-11-10-17-14(4)20-18(21-15(17)5)16-8-6-13(3)7-9-16/h6-9,12,19H,10-11H2,1-5H3. The first-order valence-electron chi connectivity index (χ1n) is 7.62. The molecule has 0 bridgehead atoms. The SMILES string of the molecule is Cc1ccc(-c2nc(C)c(CCNC(C)C)c(C)n2)cc1. The molecular weight excluding hydrogens is 258 g/mol. The van der Waals surface area contributed by atoms with Crippen LogP contribution in [-0.2, 0) is 6.42 Å². The molecule has 0 atom stereocenters. The second-order valence-corrected chi connectivity index (χ2v) is 5.92. The van der Waals surface area contributed by atoms with Crippen molar-refractivity contribution in [3.63, 3.8) is 0 Å². The van der Waals surface area contributed by atoms with Gasteiger partial charge in [-0.25, -0.2) is 9.97 Å². The Kier molecular flexibility index (Phi) is 5.07. The van der Waals surface area contributed by atoms with E-state index in [0.29, 0.717) is 6.04 Å². The smallest absolute Gasteiger partial charge is 0.159 e. The van der Waals surface area contributed by atoms with E-state index in [0.717, 1.165) is 35.7 Å². The summed E-state index contributed by atoms with van der Waals surface area (Å²) in [6.45, 7) is 11.5. The highest BCUT2D eigenvalue weighted by Crippen LogP contribution is 2.19. The van der Waals surface area contributed by atoms with Crippen LogP contribution in [0.25, 0.3) is 11.4 Å². The number of aromatic nitrogens is 2. The third-order valence-corrected chi connectivity index (χ3v) is 3.66. The Labute approximate surface area is 127 Å². The molecular formula is C18H25N3. The Morgan fingerprint density at radius 2 is 1.52 bits per heavy atom. The molecule has 1 N–H and O–H groups in total. The van der Waals surface area contributed by atoms with Gasteiger partial charge < -0.3 is 5.32 Å². The zero-order valence-electron chi connectivity index (χ0n) is 13.7. The second-order valence-electron chi connectivity index (χ2n) is 5.92. The first kappa shape index (κ1) is 15.6. The summed E-state index contributed by atoms with van der Waals surface area (Å²) in [5.74, 6) is 0.825. The maximum Gasteiger partial charge on any atom is 0.159 e. The van der Waals surface area contributed by atoms with Crippen LogP contribution in [0.15, 0.2) is 24.3 Å². The lowest BCUT2D eigenvalue weighted by Gasteiger charge is -2.13. The van der Waals surface area contributed by atoms with Gasteiger partial charge in [0.25, 0.3) is 0 Å². The molecule has 2 rings (SSSR count). The molecule has 0 radical (unpaired) electrons. The van der Waals surface area contributed by atoms with Gasteiger partial charge >= 0.3 is 0 Å². The van der Waals surface area contributed by atoms with Crippen LogP contribution in [0, 0.1) is 20.8 Å². The Morgan fingerprint density at radius 1 is 0.952 bits per heavy atom. The molecule has 0 aliphatic carbocycles. The van der Waals surface area contributed by atoms with Gasteiger partial charge in [0.05, 0.1) is 0 Å². The van der Waals surface area contributed by atoms with Gasteiger partial charge in [-0.05, 0) is 39.3 Å². The number of benzene rings is 1. The zero-order valence-corrected chi connectivity index (χ0v) is 13.7. The maximum absolute atomic E-state index is 4.69. The van der Waals surface area contributed by atoms with Crippen molar-refractivity contribution in [2.75, 3.05) is 6.54 Å². The zero-order chi connectivity index (χ0) is 15.4. The molecule has 21 heavy (non-hydrogen) atoms. The van der Waals surface area contributed by atoms with Gasteiger partial charge in [0.2, 0.25) is 0 Å². The van der Waals surface area contributed by atoms with E-state index in [1.54, 1.807) is 0 Å². The van der Waals surface area contributed by atoms with E-state index in [-0.39, 0.29) is 0 Å². The molecule has 0 amide bonds. The van der Waals surface area contributed by atoms with Crippen LogP contribution in [0.3, 0.4) is 0 Å². The van der Waals surface area contributed by atoms with Crippen LogP contribution in [0.2, 0.25) is 0 Å². The van der Waals surface area contributed by atoms with Gasteiger partial charge in [-0.15, -0.1) is 0 Å². The monoisotopic (exact) mass is 283 g/mol. The molecule has 0 fully saturated rings. The fraction of sp³-hybridized carbons (Fsp3) is 0.444. The van der Waals surface area contributed by atoms with Gasteiger partial charge in [-0.1, -0.05) is 43.7 Å². The molecule has 0 aliphatic rings. The van der Waals surface area contributed by atoms with Crippen LogP contribution >= 0.6 is 0 Å². The van der Waals surface area contributed by atoms with Crippen LogP contribution in [-0.4, -0.2) is 22.6 Å². The minimum atomic E-state index is 0.512. The lowest BCUT2D eigenvalue weighted by molar-refractivity contribution is 0.588. The first-order valence-corrected chi connectivity index (χ1v) is 7.62. The van der Waals surface area contributed by atoms with E-state index in [1.807, 2.05) is 0 Å². The predicted octanol–water partition coefficient (Wildman–Crippen LogP) is 3.61. The fourth-order valence-corrected chi connectivity index (χ4v) is 2.42. The molecule has 1 aromatic heterocycles.